The fraction of sp³-hybridized carbons (Fsp3) is 0.280. The highest BCUT2D eigenvalue weighted by Crippen LogP contribution is 2.23. The van der Waals surface area contributed by atoms with Gasteiger partial charge in [0.25, 0.3) is 5.91 Å². The number of anilines is 1. The second-order valence-corrected chi connectivity index (χ2v) is 8.50. The Morgan fingerprint density at radius 2 is 1.59 bits per heavy atom. The zero-order valence-electron chi connectivity index (χ0n) is 19.8. The highest BCUT2D eigenvalue weighted by atomic mass is 35.5. The normalized spacial score (nSPS) is 10.6. The van der Waals surface area contributed by atoms with Crippen molar-refractivity contribution in [2.75, 3.05) is 18.5 Å². The molecular weight excluding hydrogens is 456 g/mol. The number of carbonyl (C=O) groups excluding carboxylic acids is 3. The lowest BCUT2D eigenvalue weighted by Crippen LogP contribution is -2.35. The Morgan fingerprint density at radius 3 is 2.15 bits per heavy atom. The molecule has 3 aromatic rings. The second-order valence-electron chi connectivity index (χ2n) is 8.12. The Kier molecular flexibility index (Phi) is 7.73. The van der Waals surface area contributed by atoms with E-state index in [1.54, 1.807) is 28.9 Å². The number of aryl methyl sites for hydroxylation is 4. The van der Waals surface area contributed by atoms with Crippen LogP contribution in [0.25, 0.3) is 5.69 Å². The van der Waals surface area contributed by atoms with E-state index in [-0.39, 0.29) is 18.0 Å². The summed E-state index contributed by atoms with van der Waals surface area (Å²) in [6.45, 7) is 8.74. The molecule has 0 saturated carbocycles. The first-order valence-corrected chi connectivity index (χ1v) is 11.1. The number of ether oxygens (including phenoxy) is 1. The molecule has 0 saturated heterocycles. The maximum Gasteiger partial charge on any atom is 0.338 e. The van der Waals surface area contributed by atoms with Crippen molar-refractivity contribution in [3.63, 3.8) is 0 Å². The summed E-state index contributed by atoms with van der Waals surface area (Å²) in [7, 11) is 0. The molecule has 2 amide bonds. The SMILES string of the molecule is Cc1cc(C)c(NC(=O)CNC(=O)COC(=O)c2ccc(-n3nc(C)c(Cl)c3C)cc2)c(C)c1. The van der Waals surface area contributed by atoms with E-state index in [1.165, 1.54) is 0 Å². The van der Waals surface area contributed by atoms with Crippen LogP contribution in [-0.2, 0) is 14.3 Å². The predicted molar refractivity (Wildman–Crippen MR) is 131 cm³/mol. The number of halogens is 1. The van der Waals surface area contributed by atoms with Gasteiger partial charge in [-0.15, -0.1) is 0 Å². The number of hydrogen-bond acceptors (Lipinski definition) is 5. The molecular formula is C25H27ClN4O4. The summed E-state index contributed by atoms with van der Waals surface area (Å²) >= 11 is 6.19. The van der Waals surface area contributed by atoms with Crippen LogP contribution in [0.15, 0.2) is 36.4 Å². The highest BCUT2D eigenvalue weighted by molar-refractivity contribution is 6.31. The van der Waals surface area contributed by atoms with Gasteiger partial charge in [0.05, 0.1) is 34.2 Å². The Morgan fingerprint density at radius 1 is 0.971 bits per heavy atom. The van der Waals surface area contributed by atoms with Crippen LogP contribution in [0.2, 0.25) is 5.02 Å². The third-order valence-electron chi connectivity index (χ3n) is 5.27. The molecule has 0 aliphatic rings. The van der Waals surface area contributed by atoms with E-state index >= 15 is 0 Å². The monoisotopic (exact) mass is 482 g/mol. The van der Waals surface area contributed by atoms with Crippen molar-refractivity contribution >= 4 is 35.1 Å². The summed E-state index contributed by atoms with van der Waals surface area (Å²) < 4.78 is 6.74. The van der Waals surface area contributed by atoms with E-state index in [0.717, 1.165) is 33.8 Å². The van der Waals surface area contributed by atoms with Crippen molar-refractivity contribution in [3.05, 3.63) is 75.1 Å². The number of nitrogens with one attached hydrogen (secondary N) is 2. The van der Waals surface area contributed by atoms with Crippen LogP contribution in [0.3, 0.4) is 0 Å². The van der Waals surface area contributed by atoms with E-state index in [4.69, 9.17) is 16.3 Å². The molecule has 34 heavy (non-hydrogen) atoms. The molecule has 0 radical (unpaired) electrons. The first-order chi connectivity index (χ1) is 16.1. The zero-order valence-corrected chi connectivity index (χ0v) is 20.5. The van der Waals surface area contributed by atoms with E-state index in [2.05, 4.69) is 15.7 Å². The Labute approximate surface area is 203 Å². The number of nitrogens with zero attached hydrogens (tertiary/aromatic N) is 2. The van der Waals surface area contributed by atoms with Gasteiger partial charge in [0.15, 0.2) is 6.61 Å². The van der Waals surface area contributed by atoms with E-state index in [9.17, 15) is 14.4 Å². The minimum Gasteiger partial charge on any atom is -0.452 e. The highest BCUT2D eigenvalue weighted by Gasteiger charge is 2.14. The number of hydrogen-bond donors (Lipinski definition) is 2. The summed E-state index contributed by atoms with van der Waals surface area (Å²) in [5.41, 5.74) is 6.25. The third-order valence-corrected chi connectivity index (χ3v) is 5.82. The molecule has 0 spiro atoms. The number of rotatable bonds is 7. The molecule has 0 atom stereocenters. The largest absolute Gasteiger partial charge is 0.452 e. The number of benzene rings is 2. The summed E-state index contributed by atoms with van der Waals surface area (Å²) in [6.07, 6.45) is 0. The molecule has 8 nitrogen and oxygen atoms in total. The van der Waals surface area contributed by atoms with Gasteiger partial charge >= 0.3 is 5.97 Å². The molecule has 9 heteroatoms. The lowest BCUT2D eigenvalue weighted by atomic mass is 10.1. The van der Waals surface area contributed by atoms with Crippen molar-refractivity contribution in [2.45, 2.75) is 34.6 Å². The summed E-state index contributed by atoms with van der Waals surface area (Å²) in [6, 6.07) is 10.5. The molecule has 1 heterocycles. The standard InChI is InChI=1S/C25H27ClN4O4/c1-14-10-15(2)24(16(3)11-14)28-21(31)12-27-22(32)13-34-25(33)19-6-8-20(9-7-19)30-18(5)23(26)17(4)29-30/h6-11H,12-13H2,1-5H3,(H,27,32)(H,28,31). The number of carbonyl (C=O) groups is 3. The first kappa shape index (κ1) is 25.0. The number of aromatic nitrogens is 2. The second kappa shape index (κ2) is 10.5. The minimum absolute atomic E-state index is 0.233. The van der Waals surface area contributed by atoms with Crippen molar-refractivity contribution in [1.82, 2.24) is 15.1 Å². The summed E-state index contributed by atoms with van der Waals surface area (Å²) in [5.74, 6) is -1.59. The van der Waals surface area contributed by atoms with Gasteiger partial charge < -0.3 is 15.4 Å². The van der Waals surface area contributed by atoms with E-state index < -0.39 is 18.5 Å². The molecule has 3 rings (SSSR count). The molecule has 178 valence electrons. The summed E-state index contributed by atoms with van der Waals surface area (Å²) in [5, 5.41) is 10.2. The van der Waals surface area contributed by atoms with Crippen LogP contribution in [0.5, 0.6) is 0 Å². The van der Waals surface area contributed by atoms with Gasteiger partial charge in [-0.3, -0.25) is 9.59 Å². The average Bonchev–Trinajstić information content (AvgIpc) is 3.05. The van der Waals surface area contributed by atoms with Crippen LogP contribution >= 0.6 is 11.6 Å². The topological polar surface area (TPSA) is 102 Å². The van der Waals surface area contributed by atoms with Gasteiger partial charge in [-0.1, -0.05) is 29.3 Å². The van der Waals surface area contributed by atoms with Crippen LogP contribution in [0, 0.1) is 34.6 Å². The molecule has 2 N–H and O–H groups in total. The quantitative estimate of drug-likeness (QED) is 0.496. The first-order valence-electron chi connectivity index (χ1n) is 10.7. The Bertz CT molecular complexity index is 1230. The molecule has 0 unspecified atom stereocenters. The van der Waals surface area contributed by atoms with Gasteiger partial charge in [0.1, 0.15) is 0 Å². The number of amides is 2. The molecule has 0 aliphatic heterocycles. The fourth-order valence-corrected chi connectivity index (χ4v) is 3.74. The fourth-order valence-electron chi connectivity index (χ4n) is 3.62. The van der Waals surface area contributed by atoms with Gasteiger partial charge in [-0.25, -0.2) is 9.48 Å². The van der Waals surface area contributed by atoms with E-state index in [0.29, 0.717) is 10.7 Å². The zero-order chi connectivity index (χ0) is 25.0. The molecule has 2 aromatic carbocycles. The maximum absolute atomic E-state index is 12.3. The van der Waals surface area contributed by atoms with Crippen molar-refractivity contribution < 1.29 is 19.1 Å². The van der Waals surface area contributed by atoms with Crippen molar-refractivity contribution in [2.24, 2.45) is 0 Å². The predicted octanol–water partition coefficient (Wildman–Crippen LogP) is 3.98. The molecule has 0 bridgehead atoms. The van der Waals surface area contributed by atoms with Gasteiger partial charge in [-0.05, 0) is 70.0 Å². The Balaban J connectivity index is 1.49. The van der Waals surface area contributed by atoms with Crippen LogP contribution in [0.4, 0.5) is 5.69 Å². The van der Waals surface area contributed by atoms with Crippen molar-refractivity contribution in [1.29, 1.82) is 0 Å². The lowest BCUT2D eigenvalue weighted by Gasteiger charge is -2.13. The van der Waals surface area contributed by atoms with Crippen LogP contribution in [-0.4, -0.2) is 40.7 Å². The van der Waals surface area contributed by atoms with Crippen LogP contribution < -0.4 is 10.6 Å². The summed E-state index contributed by atoms with van der Waals surface area (Å²) in [4.78, 5) is 36.5. The van der Waals surface area contributed by atoms with Gasteiger partial charge in [-0.2, -0.15) is 5.10 Å². The van der Waals surface area contributed by atoms with Gasteiger partial charge in [0, 0.05) is 5.69 Å². The van der Waals surface area contributed by atoms with Crippen LogP contribution in [0.1, 0.15) is 38.4 Å². The Hall–Kier alpha value is -3.65. The average molecular weight is 483 g/mol. The van der Waals surface area contributed by atoms with Gasteiger partial charge in [0.2, 0.25) is 5.91 Å². The number of esters is 1. The lowest BCUT2D eigenvalue weighted by molar-refractivity contribution is -0.126. The molecule has 1 aromatic heterocycles. The minimum atomic E-state index is -0.650. The van der Waals surface area contributed by atoms with E-state index in [1.807, 2.05) is 46.8 Å². The smallest absolute Gasteiger partial charge is 0.338 e. The molecule has 0 fully saturated rings. The maximum atomic E-state index is 12.3. The third kappa shape index (κ3) is 5.82. The van der Waals surface area contributed by atoms with Crippen molar-refractivity contribution in [3.8, 4) is 5.69 Å². The molecule has 0 aliphatic carbocycles.